The number of carboxylic acid groups (broad SMARTS) is 1. The van der Waals surface area contributed by atoms with Gasteiger partial charge in [0.1, 0.15) is 0 Å². The van der Waals surface area contributed by atoms with E-state index < -0.39 is 5.97 Å². The standard InChI is InChI=1S/C8H16O2.Mg.H2O/c1-3-5-7(6-4-2)8(9)10;;/h7H,3-6H2,1-2H3,(H,9,10);;1H2/q;+2;/p-2. The number of carbonyl (C=O) groups is 1. The molecule has 0 unspecified atom stereocenters. The average Bonchev–Trinajstić information content (AvgIpc) is 1.87. The summed E-state index contributed by atoms with van der Waals surface area (Å²) in [6.45, 7) is 3.98. The van der Waals surface area contributed by atoms with Crippen LogP contribution >= 0.6 is 0 Å². The molecule has 0 aromatic rings. The fourth-order valence-corrected chi connectivity index (χ4v) is 1.08. The SMILES string of the molecule is CCCC(CCC)C(=O)[O-].[Mg+2].[OH-]. The number of hydrogen-bond donors (Lipinski definition) is 0. The molecule has 1 N–H and O–H groups in total. The molecule has 0 saturated carbocycles. The van der Waals surface area contributed by atoms with Crippen LogP contribution in [-0.2, 0) is 4.79 Å². The molecule has 0 atom stereocenters. The van der Waals surface area contributed by atoms with Crippen LogP contribution in [0.5, 0.6) is 0 Å². The summed E-state index contributed by atoms with van der Waals surface area (Å²) in [7, 11) is 0. The van der Waals surface area contributed by atoms with Crippen LogP contribution in [0.4, 0.5) is 0 Å². The molecule has 0 spiro atoms. The van der Waals surface area contributed by atoms with Crippen LogP contribution < -0.4 is 5.11 Å². The van der Waals surface area contributed by atoms with Crippen LogP contribution in [-0.4, -0.2) is 34.5 Å². The topological polar surface area (TPSA) is 70.1 Å². The molecule has 0 heterocycles. The van der Waals surface area contributed by atoms with Crippen molar-refractivity contribution in [2.24, 2.45) is 5.92 Å². The molecule has 0 saturated heterocycles. The van der Waals surface area contributed by atoms with Gasteiger partial charge in [-0.25, -0.2) is 0 Å². The van der Waals surface area contributed by atoms with E-state index in [9.17, 15) is 9.90 Å². The summed E-state index contributed by atoms with van der Waals surface area (Å²) in [6, 6.07) is 0. The van der Waals surface area contributed by atoms with Crippen molar-refractivity contribution in [1.82, 2.24) is 0 Å². The minimum absolute atomic E-state index is 0. The molecule has 12 heavy (non-hydrogen) atoms. The summed E-state index contributed by atoms with van der Waals surface area (Å²) in [5, 5.41) is 10.4. The van der Waals surface area contributed by atoms with Gasteiger partial charge in [-0.15, -0.1) is 0 Å². The minimum atomic E-state index is -0.885. The molecule has 0 aromatic carbocycles. The van der Waals surface area contributed by atoms with E-state index in [1.54, 1.807) is 0 Å². The number of hydrogen-bond acceptors (Lipinski definition) is 3. The normalized spacial score (nSPS) is 8.58. The van der Waals surface area contributed by atoms with E-state index in [4.69, 9.17) is 0 Å². The van der Waals surface area contributed by atoms with Gasteiger partial charge in [0, 0.05) is 5.97 Å². The molecule has 68 valence electrons. The number of carbonyl (C=O) groups excluding carboxylic acids is 1. The van der Waals surface area contributed by atoms with Crippen molar-refractivity contribution in [3.63, 3.8) is 0 Å². The Balaban J connectivity index is -0.000000405. The molecule has 0 aromatic heterocycles. The van der Waals surface area contributed by atoms with Gasteiger partial charge in [-0.2, -0.15) is 0 Å². The van der Waals surface area contributed by atoms with Crippen molar-refractivity contribution >= 4 is 29.0 Å². The monoisotopic (exact) mass is 184 g/mol. The Bertz CT molecular complexity index is 100. The van der Waals surface area contributed by atoms with Gasteiger partial charge in [0.2, 0.25) is 0 Å². The third-order valence-corrected chi connectivity index (χ3v) is 1.61. The predicted octanol–water partition coefficient (Wildman–Crippen LogP) is 0.395. The third kappa shape index (κ3) is 8.29. The van der Waals surface area contributed by atoms with Crippen LogP contribution in [0.3, 0.4) is 0 Å². The molecule has 0 fully saturated rings. The Labute approximate surface area is 90.0 Å². The summed E-state index contributed by atoms with van der Waals surface area (Å²) in [6.07, 6.45) is 3.38. The first kappa shape index (κ1) is 18.1. The Morgan fingerprint density at radius 3 is 1.75 bits per heavy atom. The molecule has 0 aliphatic rings. The van der Waals surface area contributed by atoms with Crippen molar-refractivity contribution < 1.29 is 15.4 Å². The second-order valence-electron chi connectivity index (χ2n) is 2.59. The molecular weight excluding hydrogens is 168 g/mol. The smallest absolute Gasteiger partial charge is 0.870 e. The molecule has 0 amide bonds. The maximum Gasteiger partial charge on any atom is 2.00 e. The zero-order chi connectivity index (χ0) is 7.98. The van der Waals surface area contributed by atoms with Crippen LogP contribution in [0.15, 0.2) is 0 Å². The van der Waals surface area contributed by atoms with Crippen LogP contribution in [0, 0.1) is 5.92 Å². The van der Waals surface area contributed by atoms with E-state index in [1.807, 2.05) is 13.8 Å². The first-order valence-electron chi connectivity index (χ1n) is 3.93. The van der Waals surface area contributed by atoms with Gasteiger partial charge in [-0.1, -0.05) is 26.7 Å². The van der Waals surface area contributed by atoms with Gasteiger partial charge >= 0.3 is 23.1 Å². The van der Waals surface area contributed by atoms with Crippen LogP contribution in [0.2, 0.25) is 0 Å². The van der Waals surface area contributed by atoms with Crippen molar-refractivity contribution in [3.05, 3.63) is 0 Å². The molecular formula is C8H16MgO3. The zero-order valence-electron chi connectivity index (χ0n) is 7.88. The van der Waals surface area contributed by atoms with E-state index >= 15 is 0 Å². The van der Waals surface area contributed by atoms with Crippen molar-refractivity contribution in [2.75, 3.05) is 0 Å². The zero-order valence-corrected chi connectivity index (χ0v) is 9.29. The van der Waals surface area contributed by atoms with Gasteiger partial charge < -0.3 is 15.4 Å². The summed E-state index contributed by atoms with van der Waals surface area (Å²) < 4.78 is 0. The molecule has 4 heteroatoms. The van der Waals surface area contributed by atoms with E-state index in [0.717, 1.165) is 25.7 Å². The van der Waals surface area contributed by atoms with Gasteiger partial charge in [-0.05, 0) is 18.8 Å². The largest absolute Gasteiger partial charge is 2.00 e. The Morgan fingerprint density at radius 1 is 1.25 bits per heavy atom. The fraction of sp³-hybridized carbons (Fsp3) is 0.875. The average molecular weight is 185 g/mol. The van der Waals surface area contributed by atoms with E-state index in [1.165, 1.54) is 0 Å². The summed E-state index contributed by atoms with van der Waals surface area (Å²) in [5.74, 6) is -1.10. The van der Waals surface area contributed by atoms with Crippen LogP contribution in [0.1, 0.15) is 39.5 Å². The number of aliphatic carboxylic acids is 1. The van der Waals surface area contributed by atoms with Gasteiger partial charge in [0.15, 0.2) is 0 Å². The van der Waals surface area contributed by atoms with Crippen molar-refractivity contribution in [1.29, 1.82) is 0 Å². The molecule has 3 nitrogen and oxygen atoms in total. The summed E-state index contributed by atoms with van der Waals surface area (Å²) in [4.78, 5) is 10.4. The summed E-state index contributed by atoms with van der Waals surface area (Å²) in [5.41, 5.74) is 0. The fourth-order valence-electron chi connectivity index (χ4n) is 1.08. The molecule has 0 bridgehead atoms. The minimum Gasteiger partial charge on any atom is -0.870 e. The second-order valence-corrected chi connectivity index (χ2v) is 2.59. The van der Waals surface area contributed by atoms with Crippen molar-refractivity contribution in [2.45, 2.75) is 39.5 Å². The van der Waals surface area contributed by atoms with Gasteiger partial charge in [0.25, 0.3) is 0 Å². The maximum absolute atomic E-state index is 10.4. The summed E-state index contributed by atoms with van der Waals surface area (Å²) >= 11 is 0. The molecule has 0 rings (SSSR count). The first-order chi connectivity index (χ1) is 4.72. The van der Waals surface area contributed by atoms with E-state index in [2.05, 4.69) is 0 Å². The molecule has 0 aliphatic heterocycles. The first-order valence-corrected chi connectivity index (χ1v) is 3.93. The number of rotatable bonds is 5. The van der Waals surface area contributed by atoms with E-state index in [0.29, 0.717) is 0 Å². The second kappa shape index (κ2) is 11.2. The third-order valence-electron chi connectivity index (χ3n) is 1.61. The Hall–Kier alpha value is 0.196. The Kier molecular flexibility index (Phi) is 16.9. The Morgan fingerprint density at radius 2 is 1.58 bits per heavy atom. The van der Waals surface area contributed by atoms with E-state index in [-0.39, 0.29) is 34.4 Å². The van der Waals surface area contributed by atoms with Crippen molar-refractivity contribution in [3.8, 4) is 0 Å². The molecule has 0 aliphatic carbocycles. The maximum atomic E-state index is 10.4. The van der Waals surface area contributed by atoms with Crippen LogP contribution in [0.25, 0.3) is 0 Å². The quantitative estimate of drug-likeness (QED) is 0.581. The van der Waals surface area contributed by atoms with Gasteiger partial charge in [-0.3, -0.25) is 0 Å². The number of carboxylic acids is 1. The van der Waals surface area contributed by atoms with Gasteiger partial charge in [0.05, 0.1) is 0 Å². The molecule has 0 radical (unpaired) electrons. The predicted molar refractivity (Wildman–Crippen MR) is 46.0 cm³/mol.